The Balaban J connectivity index is 1.14. The molecule has 1 spiro atoms. The van der Waals surface area contributed by atoms with E-state index in [9.17, 15) is 32.4 Å². The third-order valence-corrected chi connectivity index (χ3v) is 14.1. The second-order valence-electron chi connectivity index (χ2n) is 17.6. The largest absolute Gasteiger partial charge is 0.493 e. The molecule has 15 nitrogen and oxygen atoms in total. The van der Waals surface area contributed by atoms with E-state index in [1.165, 1.54) is 4.90 Å². The van der Waals surface area contributed by atoms with Gasteiger partial charge in [0.2, 0.25) is 21.8 Å². The van der Waals surface area contributed by atoms with Gasteiger partial charge in [-0.1, -0.05) is 59.1 Å². The molecule has 3 saturated carbocycles. The van der Waals surface area contributed by atoms with Gasteiger partial charge < -0.3 is 29.7 Å². The molecular formula is C39H55N5O10S. The zero-order valence-corrected chi connectivity index (χ0v) is 33.1. The summed E-state index contributed by atoms with van der Waals surface area (Å²) in [6.07, 6.45) is 4.97. The number of sulfonamides is 1. The van der Waals surface area contributed by atoms with Gasteiger partial charge >= 0.3 is 12.2 Å². The summed E-state index contributed by atoms with van der Waals surface area (Å²) in [6.45, 7) is 8.46. The molecule has 0 aromatic heterocycles. The van der Waals surface area contributed by atoms with E-state index in [1.807, 2.05) is 25.1 Å². The number of carbonyl (C=O) groups excluding carboxylic acids is 5. The van der Waals surface area contributed by atoms with Crippen molar-refractivity contribution in [1.82, 2.24) is 25.2 Å². The third kappa shape index (κ3) is 8.39. The van der Waals surface area contributed by atoms with Crippen LogP contribution >= 0.6 is 0 Å². The predicted molar refractivity (Wildman–Crippen MR) is 199 cm³/mol. The van der Waals surface area contributed by atoms with Crippen LogP contribution in [0, 0.1) is 16.7 Å². The molecule has 3 aliphatic carbocycles. The fourth-order valence-electron chi connectivity index (χ4n) is 8.34. The Hall–Kier alpha value is -4.08. The van der Waals surface area contributed by atoms with Crippen molar-refractivity contribution < 1.29 is 46.6 Å². The van der Waals surface area contributed by atoms with Crippen molar-refractivity contribution in [2.45, 2.75) is 140 Å². The lowest BCUT2D eigenvalue weighted by molar-refractivity contribution is -0.143. The molecule has 302 valence electrons. The molecule has 5 amide bonds. The van der Waals surface area contributed by atoms with Crippen LogP contribution < -0.4 is 20.1 Å². The minimum atomic E-state index is -3.88. The smallest absolute Gasteiger partial charge is 0.410 e. The fourth-order valence-corrected chi connectivity index (χ4v) is 9.70. The molecule has 16 heteroatoms. The van der Waals surface area contributed by atoms with Crippen LogP contribution in [0.4, 0.5) is 9.59 Å². The van der Waals surface area contributed by atoms with E-state index in [2.05, 4.69) is 15.4 Å². The summed E-state index contributed by atoms with van der Waals surface area (Å²) in [5.41, 5.74) is -0.490. The molecule has 3 heterocycles. The van der Waals surface area contributed by atoms with Gasteiger partial charge in [-0.3, -0.25) is 24.0 Å². The van der Waals surface area contributed by atoms with Crippen molar-refractivity contribution in [2.24, 2.45) is 16.7 Å². The molecule has 1 aromatic rings. The Morgan fingerprint density at radius 1 is 1.02 bits per heavy atom. The average Bonchev–Trinajstić information content (AvgIpc) is 4.08. The first-order chi connectivity index (χ1) is 26.0. The highest BCUT2D eigenvalue weighted by Crippen LogP contribution is 2.50. The monoisotopic (exact) mass is 785 g/mol. The molecule has 1 saturated heterocycles. The molecule has 1 unspecified atom stereocenters. The molecule has 7 rings (SSSR count). The average molecular weight is 786 g/mol. The predicted octanol–water partition coefficient (Wildman–Crippen LogP) is 3.88. The maximum Gasteiger partial charge on any atom is 0.410 e. The van der Waals surface area contributed by atoms with Crippen LogP contribution in [0.2, 0.25) is 0 Å². The van der Waals surface area contributed by atoms with Crippen molar-refractivity contribution in [2.75, 3.05) is 19.8 Å². The van der Waals surface area contributed by atoms with Gasteiger partial charge in [-0.05, 0) is 67.9 Å². The Bertz CT molecular complexity index is 1820. The van der Waals surface area contributed by atoms with Gasteiger partial charge in [-0.25, -0.2) is 18.0 Å². The standard InChI is InChI=1S/C39H55N5O10S/c1-5-25-19-39(25,34(47)42-55(50,51)27-12-13-27)41-32(45)29-18-26-21-44(29)33(46)31(37(2,3)4)40-35(48)53-23-38(15-16-38)14-7-6-8-17-52-30-11-9-10-24-20-43(22-28(24)30)36(49)54-26/h9-11,25-27,29,31H,5-8,12-23H2,1-4H3,(H,40,48)(H,41,45)(H,42,47)/t25-,26?,29-,31+,39-/m0/s1. The molecule has 3 N–H and O–H groups in total. The molecule has 6 aliphatic rings. The van der Waals surface area contributed by atoms with E-state index in [0.717, 1.165) is 55.4 Å². The maximum absolute atomic E-state index is 14.6. The number of carbonyl (C=O) groups is 5. The maximum atomic E-state index is 14.6. The number of hydrogen-bond acceptors (Lipinski definition) is 10. The summed E-state index contributed by atoms with van der Waals surface area (Å²) in [5.74, 6) is -1.62. The second kappa shape index (κ2) is 14.8. The van der Waals surface area contributed by atoms with Crippen LogP contribution in [-0.4, -0.2) is 96.9 Å². The number of nitrogens with one attached hydrogen (secondary N) is 3. The number of amides is 5. The van der Waals surface area contributed by atoms with Gasteiger partial charge in [-0.15, -0.1) is 0 Å². The number of alkyl carbamates (subject to hydrolysis) is 1. The van der Waals surface area contributed by atoms with E-state index in [-0.39, 0.29) is 43.9 Å². The van der Waals surface area contributed by atoms with Crippen LogP contribution in [0.25, 0.3) is 0 Å². The number of benzene rings is 1. The van der Waals surface area contributed by atoms with Gasteiger partial charge in [0.25, 0.3) is 5.91 Å². The fraction of sp³-hybridized carbons (Fsp3) is 0.718. The first-order valence-corrected chi connectivity index (χ1v) is 21.4. The van der Waals surface area contributed by atoms with Gasteiger partial charge in [-0.2, -0.15) is 0 Å². The minimum Gasteiger partial charge on any atom is -0.493 e. The van der Waals surface area contributed by atoms with Gasteiger partial charge in [0.05, 0.1) is 31.6 Å². The minimum absolute atomic E-state index is 0.0723. The van der Waals surface area contributed by atoms with E-state index < -0.39 is 74.3 Å². The second-order valence-corrected chi connectivity index (χ2v) is 19.6. The molecule has 1 aromatic carbocycles. The van der Waals surface area contributed by atoms with Crippen LogP contribution in [0.1, 0.15) is 109 Å². The summed E-state index contributed by atoms with van der Waals surface area (Å²) in [5, 5.41) is 4.97. The number of cyclic esters (lactones) is 1. The number of fused-ring (bicyclic) bond motifs is 3. The molecular weight excluding hydrogens is 731 g/mol. The number of rotatable bonds is 6. The van der Waals surface area contributed by atoms with Crippen molar-refractivity contribution in [3.05, 3.63) is 29.3 Å². The Morgan fingerprint density at radius 3 is 2.45 bits per heavy atom. The van der Waals surface area contributed by atoms with Crippen molar-refractivity contribution in [3.63, 3.8) is 0 Å². The molecule has 5 atom stereocenters. The number of nitrogens with zero attached hydrogens (tertiary/aromatic N) is 2. The lowest BCUT2D eigenvalue weighted by Crippen LogP contribution is -2.60. The van der Waals surface area contributed by atoms with Crippen LogP contribution in [0.3, 0.4) is 0 Å². The first-order valence-electron chi connectivity index (χ1n) is 19.9. The third-order valence-electron chi connectivity index (χ3n) is 12.3. The normalized spacial score (nSPS) is 29.9. The molecule has 4 fully saturated rings. The quantitative estimate of drug-likeness (QED) is 0.382. The highest BCUT2D eigenvalue weighted by molar-refractivity contribution is 7.91. The summed E-state index contributed by atoms with van der Waals surface area (Å²) in [6, 6.07) is 3.45. The first kappa shape index (κ1) is 39.2. The van der Waals surface area contributed by atoms with Gasteiger partial charge in [0.1, 0.15) is 29.5 Å². The van der Waals surface area contributed by atoms with Crippen LogP contribution in [-0.2, 0) is 47.0 Å². The zero-order valence-electron chi connectivity index (χ0n) is 32.3. The van der Waals surface area contributed by atoms with Crippen molar-refractivity contribution in [1.29, 1.82) is 0 Å². The van der Waals surface area contributed by atoms with Crippen molar-refractivity contribution >= 4 is 39.9 Å². The van der Waals surface area contributed by atoms with E-state index in [4.69, 9.17) is 14.2 Å². The molecule has 55 heavy (non-hydrogen) atoms. The molecule has 4 bridgehead atoms. The number of ether oxygens (including phenoxy) is 3. The van der Waals surface area contributed by atoms with Gasteiger partial charge in [0.15, 0.2) is 0 Å². The summed E-state index contributed by atoms with van der Waals surface area (Å²) in [4.78, 5) is 72.3. The summed E-state index contributed by atoms with van der Waals surface area (Å²) in [7, 11) is -3.88. The van der Waals surface area contributed by atoms with Gasteiger partial charge in [0, 0.05) is 23.9 Å². The van der Waals surface area contributed by atoms with E-state index in [1.54, 1.807) is 25.7 Å². The zero-order chi connectivity index (χ0) is 39.3. The number of hydrogen-bond donors (Lipinski definition) is 3. The molecule has 3 aliphatic heterocycles. The van der Waals surface area contributed by atoms with Crippen LogP contribution in [0.15, 0.2) is 18.2 Å². The SMILES string of the molecule is CC[C@H]1C[C@@]1(NC(=O)[C@@H]1CC2CN1C(=O)[C@H](C(C)(C)C)NC(=O)OCC1(CCCCCOc3cccc4c3CN(C4)C(=O)O2)CC1)C(=O)NS(=O)(=O)C1CC1. The van der Waals surface area contributed by atoms with E-state index in [0.29, 0.717) is 32.4 Å². The van der Waals surface area contributed by atoms with Crippen molar-refractivity contribution in [3.8, 4) is 5.75 Å². The lowest BCUT2D eigenvalue weighted by Gasteiger charge is -2.35. The highest BCUT2D eigenvalue weighted by atomic mass is 32.2. The lowest BCUT2D eigenvalue weighted by atomic mass is 9.85. The summed E-state index contributed by atoms with van der Waals surface area (Å²) < 4.78 is 45.5. The van der Waals surface area contributed by atoms with E-state index >= 15 is 0 Å². The highest BCUT2D eigenvalue weighted by Gasteiger charge is 2.62. The topological polar surface area (TPSA) is 190 Å². The Morgan fingerprint density at radius 2 is 1.78 bits per heavy atom. The molecule has 0 radical (unpaired) electrons. The van der Waals surface area contributed by atoms with Crippen LogP contribution in [0.5, 0.6) is 5.75 Å². The summed E-state index contributed by atoms with van der Waals surface area (Å²) >= 11 is 0. The Kier molecular flexibility index (Phi) is 10.5. The Labute approximate surface area is 323 Å².